The highest BCUT2D eigenvalue weighted by molar-refractivity contribution is 5.78. The van der Waals surface area contributed by atoms with E-state index >= 15 is 0 Å². The van der Waals surface area contributed by atoms with Crippen molar-refractivity contribution in [3.63, 3.8) is 0 Å². The molecule has 2 unspecified atom stereocenters. The molecule has 2 atom stereocenters. The van der Waals surface area contributed by atoms with Crippen molar-refractivity contribution in [2.24, 2.45) is 5.92 Å². The molecule has 1 saturated heterocycles. The molecule has 23 heavy (non-hydrogen) atoms. The van der Waals surface area contributed by atoms with Gasteiger partial charge in [0.2, 0.25) is 5.91 Å². The van der Waals surface area contributed by atoms with Gasteiger partial charge in [-0.3, -0.25) is 4.79 Å². The first kappa shape index (κ1) is 14.6. The summed E-state index contributed by atoms with van der Waals surface area (Å²) in [5.41, 5.74) is 1.11. The van der Waals surface area contributed by atoms with Crippen molar-refractivity contribution >= 4 is 5.91 Å². The number of ether oxygens (including phenoxy) is 2. The number of carbonyl (C=O) groups excluding carboxylic acids is 1. The van der Waals surface area contributed by atoms with Crippen LogP contribution in [-0.2, 0) is 4.79 Å². The molecule has 0 N–H and O–H groups in total. The van der Waals surface area contributed by atoms with Crippen LogP contribution in [-0.4, -0.2) is 30.6 Å². The standard InChI is InChI=1S/C19H23NO3/c21-18(13-14-5-1-2-6-14)20-10-4-8-16(20)15-7-3-9-17-19(15)23-12-11-22-17/h1,3,5,7,9,14,16H,2,4,6,8,10-13H2. The molecule has 0 bridgehead atoms. The van der Waals surface area contributed by atoms with Crippen LogP contribution < -0.4 is 9.47 Å². The van der Waals surface area contributed by atoms with Gasteiger partial charge in [-0.1, -0.05) is 24.3 Å². The maximum Gasteiger partial charge on any atom is 0.223 e. The van der Waals surface area contributed by atoms with Gasteiger partial charge >= 0.3 is 0 Å². The highest BCUT2D eigenvalue weighted by atomic mass is 16.6. The molecular weight excluding hydrogens is 290 g/mol. The maximum absolute atomic E-state index is 12.8. The van der Waals surface area contributed by atoms with Crippen molar-refractivity contribution in [3.8, 4) is 11.5 Å². The Morgan fingerprint density at radius 1 is 1.22 bits per heavy atom. The number of fused-ring (bicyclic) bond motifs is 1. The predicted octanol–water partition coefficient (Wildman–Crippen LogP) is 3.48. The second-order valence-electron chi connectivity index (χ2n) is 6.59. The number of rotatable bonds is 3. The van der Waals surface area contributed by atoms with Gasteiger partial charge in [0.1, 0.15) is 13.2 Å². The molecule has 1 amide bonds. The summed E-state index contributed by atoms with van der Waals surface area (Å²) in [5, 5.41) is 0. The van der Waals surface area contributed by atoms with Gasteiger partial charge in [0.15, 0.2) is 11.5 Å². The Morgan fingerprint density at radius 3 is 3.00 bits per heavy atom. The van der Waals surface area contributed by atoms with E-state index in [1.165, 1.54) is 0 Å². The normalized spacial score (nSPS) is 25.8. The highest BCUT2D eigenvalue weighted by Crippen LogP contribution is 2.43. The summed E-state index contributed by atoms with van der Waals surface area (Å²) in [5.74, 6) is 2.35. The lowest BCUT2D eigenvalue weighted by atomic mass is 10.0. The van der Waals surface area contributed by atoms with Gasteiger partial charge in [-0.05, 0) is 37.7 Å². The molecule has 0 aromatic heterocycles. The fourth-order valence-electron chi connectivity index (χ4n) is 3.95. The third-order valence-corrected chi connectivity index (χ3v) is 5.08. The summed E-state index contributed by atoms with van der Waals surface area (Å²) < 4.78 is 11.5. The van der Waals surface area contributed by atoms with E-state index in [4.69, 9.17) is 9.47 Å². The number of para-hydroxylation sites is 1. The van der Waals surface area contributed by atoms with Crippen LogP contribution in [0.15, 0.2) is 30.4 Å². The summed E-state index contributed by atoms with van der Waals surface area (Å²) in [4.78, 5) is 14.8. The predicted molar refractivity (Wildman–Crippen MR) is 87.6 cm³/mol. The van der Waals surface area contributed by atoms with Gasteiger partial charge in [-0.2, -0.15) is 0 Å². The fraction of sp³-hybridized carbons (Fsp3) is 0.526. The number of benzene rings is 1. The number of hydrogen-bond acceptors (Lipinski definition) is 3. The largest absolute Gasteiger partial charge is 0.486 e. The van der Waals surface area contributed by atoms with E-state index in [0.717, 1.165) is 49.3 Å². The number of carbonyl (C=O) groups is 1. The molecule has 4 nitrogen and oxygen atoms in total. The van der Waals surface area contributed by atoms with E-state index < -0.39 is 0 Å². The molecule has 1 aromatic carbocycles. The monoisotopic (exact) mass is 313 g/mol. The Hall–Kier alpha value is -1.97. The molecule has 1 fully saturated rings. The Morgan fingerprint density at radius 2 is 2.13 bits per heavy atom. The van der Waals surface area contributed by atoms with Gasteiger partial charge in [-0.25, -0.2) is 0 Å². The first-order valence-corrected chi connectivity index (χ1v) is 8.67. The Kier molecular flexibility index (Phi) is 3.98. The maximum atomic E-state index is 12.8. The smallest absolute Gasteiger partial charge is 0.223 e. The van der Waals surface area contributed by atoms with Crippen LogP contribution in [0, 0.1) is 5.92 Å². The molecule has 3 aliphatic rings. The Balaban J connectivity index is 1.56. The minimum absolute atomic E-state index is 0.129. The lowest BCUT2D eigenvalue weighted by Gasteiger charge is -2.29. The zero-order valence-electron chi connectivity index (χ0n) is 13.4. The third-order valence-electron chi connectivity index (χ3n) is 5.08. The SMILES string of the molecule is O=C(CC1C=CCC1)N1CCCC1c1cccc2c1OCCO2. The summed E-state index contributed by atoms with van der Waals surface area (Å²) >= 11 is 0. The third kappa shape index (κ3) is 2.82. The topological polar surface area (TPSA) is 38.8 Å². The van der Waals surface area contributed by atoms with Gasteiger partial charge < -0.3 is 14.4 Å². The molecule has 0 spiro atoms. The van der Waals surface area contributed by atoms with Gasteiger partial charge in [0, 0.05) is 18.5 Å². The first-order valence-electron chi connectivity index (χ1n) is 8.67. The van der Waals surface area contributed by atoms with Crippen molar-refractivity contribution in [3.05, 3.63) is 35.9 Å². The molecule has 4 rings (SSSR count). The summed E-state index contributed by atoms with van der Waals surface area (Å²) in [6.45, 7) is 2.03. The fourth-order valence-corrected chi connectivity index (χ4v) is 3.95. The van der Waals surface area contributed by atoms with Crippen molar-refractivity contribution in [2.45, 2.75) is 38.1 Å². The van der Waals surface area contributed by atoms with Crippen LogP contribution in [0.3, 0.4) is 0 Å². The summed E-state index contributed by atoms with van der Waals surface area (Å²) in [6.07, 6.45) is 9.32. The molecule has 1 aromatic rings. The second kappa shape index (κ2) is 6.26. The first-order chi connectivity index (χ1) is 11.3. The van der Waals surface area contributed by atoms with E-state index in [1.54, 1.807) is 0 Å². The number of likely N-dealkylation sites (tertiary alicyclic amines) is 1. The van der Waals surface area contributed by atoms with Crippen molar-refractivity contribution in [2.75, 3.05) is 19.8 Å². The number of nitrogens with zero attached hydrogens (tertiary/aromatic N) is 1. The van der Waals surface area contributed by atoms with Crippen LogP contribution in [0.25, 0.3) is 0 Å². The van der Waals surface area contributed by atoms with E-state index in [2.05, 4.69) is 23.1 Å². The molecule has 2 aliphatic heterocycles. The van der Waals surface area contributed by atoms with Crippen LogP contribution in [0.2, 0.25) is 0 Å². The van der Waals surface area contributed by atoms with Crippen LogP contribution in [0.1, 0.15) is 43.7 Å². The second-order valence-corrected chi connectivity index (χ2v) is 6.59. The van der Waals surface area contributed by atoms with Crippen molar-refractivity contribution in [1.29, 1.82) is 0 Å². The number of hydrogen-bond donors (Lipinski definition) is 0. The molecular formula is C19H23NO3. The van der Waals surface area contributed by atoms with Crippen LogP contribution >= 0.6 is 0 Å². The van der Waals surface area contributed by atoms with Crippen LogP contribution in [0.4, 0.5) is 0 Å². The lowest BCUT2D eigenvalue weighted by molar-refractivity contribution is -0.132. The Labute approximate surface area is 137 Å². The molecule has 122 valence electrons. The van der Waals surface area contributed by atoms with E-state index in [9.17, 15) is 4.79 Å². The van der Waals surface area contributed by atoms with E-state index in [-0.39, 0.29) is 11.9 Å². The van der Waals surface area contributed by atoms with Crippen molar-refractivity contribution < 1.29 is 14.3 Å². The average Bonchev–Trinajstić information content (AvgIpc) is 3.25. The number of allylic oxidation sites excluding steroid dienone is 2. The van der Waals surface area contributed by atoms with E-state index in [1.807, 2.05) is 12.1 Å². The molecule has 1 aliphatic carbocycles. The molecule has 2 heterocycles. The van der Waals surface area contributed by atoms with Crippen LogP contribution in [0.5, 0.6) is 11.5 Å². The zero-order valence-corrected chi connectivity index (χ0v) is 13.4. The molecule has 0 radical (unpaired) electrons. The quantitative estimate of drug-likeness (QED) is 0.802. The zero-order chi connectivity index (χ0) is 15.6. The molecule has 0 saturated carbocycles. The van der Waals surface area contributed by atoms with E-state index in [0.29, 0.717) is 25.6 Å². The van der Waals surface area contributed by atoms with Gasteiger partial charge in [0.25, 0.3) is 0 Å². The van der Waals surface area contributed by atoms with Gasteiger partial charge in [0.05, 0.1) is 6.04 Å². The minimum Gasteiger partial charge on any atom is -0.486 e. The Bertz CT molecular complexity index is 625. The van der Waals surface area contributed by atoms with Crippen molar-refractivity contribution in [1.82, 2.24) is 4.90 Å². The minimum atomic E-state index is 0.129. The highest BCUT2D eigenvalue weighted by Gasteiger charge is 2.34. The summed E-state index contributed by atoms with van der Waals surface area (Å²) in [6, 6.07) is 6.16. The average molecular weight is 313 g/mol. The van der Waals surface area contributed by atoms with Gasteiger partial charge in [-0.15, -0.1) is 0 Å². The number of amides is 1. The summed E-state index contributed by atoms with van der Waals surface area (Å²) in [7, 11) is 0. The molecule has 4 heteroatoms. The lowest BCUT2D eigenvalue weighted by Crippen LogP contribution is -2.32.